The monoisotopic (exact) mass is 182 g/mol. The molecule has 0 saturated heterocycles. The lowest BCUT2D eigenvalue weighted by molar-refractivity contribution is 0.111. The maximum Gasteiger partial charge on any atom is 0.0678 e. The first-order valence-electron chi connectivity index (χ1n) is 5.93. The highest BCUT2D eigenvalue weighted by molar-refractivity contribution is 5.00. The van der Waals surface area contributed by atoms with Gasteiger partial charge < -0.3 is 5.11 Å². The molecule has 2 fully saturated rings. The van der Waals surface area contributed by atoms with Crippen molar-refractivity contribution in [3.8, 4) is 0 Å². The van der Waals surface area contributed by atoms with Crippen LogP contribution in [0.15, 0.2) is 0 Å². The van der Waals surface area contributed by atoms with Gasteiger partial charge in [0.1, 0.15) is 0 Å². The van der Waals surface area contributed by atoms with E-state index in [4.69, 9.17) is 0 Å². The molecule has 0 spiro atoms. The summed E-state index contributed by atoms with van der Waals surface area (Å²) in [5.74, 6) is 1.52. The third-order valence-electron chi connectivity index (χ3n) is 4.13. The lowest BCUT2D eigenvalue weighted by Gasteiger charge is -2.22. The van der Waals surface area contributed by atoms with Crippen molar-refractivity contribution in [3.05, 3.63) is 0 Å². The Labute approximate surface area is 81.5 Å². The van der Waals surface area contributed by atoms with E-state index >= 15 is 0 Å². The normalized spacial score (nSPS) is 40.6. The molecule has 0 aromatic carbocycles. The summed E-state index contributed by atoms with van der Waals surface area (Å²) in [6.07, 6.45) is 10.5. The SMILES string of the molecule is CC1CC1(O)CCC1CCCCC1. The topological polar surface area (TPSA) is 20.2 Å². The van der Waals surface area contributed by atoms with Crippen molar-refractivity contribution < 1.29 is 5.11 Å². The van der Waals surface area contributed by atoms with Crippen LogP contribution < -0.4 is 0 Å². The highest BCUT2D eigenvalue weighted by Gasteiger charge is 2.48. The lowest BCUT2D eigenvalue weighted by Crippen LogP contribution is -2.14. The quantitative estimate of drug-likeness (QED) is 0.711. The Kier molecular flexibility index (Phi) is 2.64. The zero-order valence-electron chi connectivity index (χ0n) is 8.76. The van der Waals surface area contributed by atoms with Crippen LogP contribution in [0.3, 0.4) is 0 Å². The minimum atomic E-state index is -0.239. The second-order valence-electron chi connectivity index (χ2n) is 5.25. The molecule has 0 aromatic rings. The second kappa shape index (κ2) is 3.61. The van der Waals surface area contributed by atoms with E-state index in [-0.39, 0.29) is 5.60 Å². The molecule has 0 aromatic heterocycles. The third-order valence-corrected chi connectivity index (χ3v) is 4.13. The molecule has 76 valence electrons. The maximum atomic E-state index is 9.93. The van der Waals surface area contributed by atoms with Crippen molar-refractivity contribution in [2.24, 2.45) is 11.8 Å². The van der Waals surface area contributed by atoms with Crippen molar-refractivity contribution in [2.45, 2.75) is 63.9 Å². The minimum absolute atomic E-state index is 0.239. The van der Waals surface area contributed by atoms with Crippen molar-refractivity contribution in [1.29, 1.82) is 0 Å². The Morgan fingerprint density at radius 3 is 2.38 bits per heavy atom. The molecular formula is C12H22O. The Bertz CT molecular complexity index is 172. The third kappa shape index (κ3) is 2.25. The molecule has 0 bridgehead atoms. The van der Waals surface area contributed by atoms with Crippen molar-refractivity contribution in [3.63, 3.8) is 0 Å². The van der Waals surface area contributed by atoms with Gasteiger partial charge in [0.25, 0.3) is 0 Å². The number of hydrogen-bond acceptors (Lipinski definition) is 1. The summed E-state index contributed by atoms with van der Waals surface area (Å²) in [7, 11) is 0. The van der Waals surface area contributed by atoms with Crippen molar-refractivity contribution >= 4 is 0 Å². The zero-order chi connectivity index (χ0) is 9.31. The summed E-state index contributed by atoms with van der Waals surface area (Å²) in [5, 5.41) is 9.93. The van der Waals surface area contributed by atoms with Gasteiger partial charge in [-0.15, -0.1) is 0 Å². The fourth-order valence-corrected chi connectivity index (χ4v) is 2.75. The summed E-state index contributed by atoms with van der Waals surface area (Å²) in [6, 6.07) is 0. The first kappa shape index (κ1) is 9.51. The van der Waals surface area contributed by atoms with Gasteiger partial charge in [0.05, 0.1) is 5.60 Å². The number of rotatable bonds is 3. The van der Waals surface area contributed by atoms with E-state index in [0.29, 0.717) is 5.92 Å². The van der Waals surface area contributed by atoms with Gasteiger partial charge >= 0.3 is 0 Å². The lowest BCUT2D eigenvalue weighted by atomic mass is 9.85. The fourth-order valence-electron chi connectivity index (χ4n) is 2.75. The molecular weight excluding hydrogens is 160 g/mol. The summed E-state index contributed by atoms with van der Waals surface area (Å²) < 4.78 is 0. The maximum absolute atomic E-state index is 9.93. The second-order valence-corrected chi connectivity index (χ2v) is 5.25. The van der Waals surface area contributed by atoms with E-state index in [1.54, 1.807) is 0 Å². The molecule has 1 nitrogen and oxygen atoms in total. The molecule has 2 aliphatic rings. The van der Waals surface area contributed by atoms with E-state index in [0.717, 1.165) is 18.8 Å². The van der Waals surface area contributed by atoms with Crippen LogP contribution >= 0.6 is 0 Å². The molecule has 0 radical (unpaired) electrons. The van der Waals surface area contributed by atoms with Gasteiger partial charge in [-0.05, 0) is 31.1 Å². The van der Waals surface area contributed by atoms with Crippen LogP contribution in [0.2, 0.25) is 0 Å². The van der Waals surface area contributed by atoms with E-state index in [2.05, 4.69) is 6.92 Å². The molecule has 1 N–H and O–H groups in total. The first-order chi connectivity index (χ1) is 6.21. The molecule has 2 saturated carbocycles. The molecule has 0 amide bonds. The van der Waals surface area contributed by atoms with Crippen molar-refractivity contribution in [2.75, 3.05) is 0 Å². The van der Waals surface area contributed by atoms with Gasteiger partial charge in [-0.1, -0.05) is 39.0 Å². The Hall–Kier alpha value is -0.0400. The summed E-state index contributed by atoms with van der Waals surface area (Å²) in [4.78, 5) is 0. The average Bonchev–Trinajstić information content (AvgIpc) is 2.74. The first-order valence-corrected chi connectivity index (χ1v) is 5.93. The van der Waals surface area contributed by atoms with Crippen molar-refractivity contribution in [1.82, 2.24) is 0 Å². The van der Waals surface area contributed by atoms with E-state index in [1.807, 2.05) is 0 Å². The van der Waals surface area contributed by atoms with Crippen LogP contribution in [0.25, 0.3) is 0 Å². The van der Waals surface area contributed by atoms with Crippen LogP contribution in [0.4, 0.5) is 0 Å². The molecule has 2 atom stereocenters. The molecule has 2 aliphatic carbocycles. The van der Waals surface area contributed by atoms with Crippen LogP contribution in [0.5, 0.6) is 0 Å². The Morgan fingerprint density at radius 1 is 1.23 bits per heavy atom. The largest absolute Gasteiger partial charge is 0.390 e. The predicted octanol–water partition coefficient (Wildman–Crippen LogP) is 3.12. The van der Waals surface area contributed by atoms with Gasteiger partial charge in [-0.25, -0.2) is 0 Å². The van der Waals surface area contributed by atoms with Gasteiger partial charge in [0, 0.05) is 0 Å². The summed E-state index contributed by atoms with van der Waals surface area (Å²) in [5.41, 5.74) is -0.239. The fraction of sp³-hybridized carbons (Fsp3) is 1.00. The van der Waals surface area contributed by atoms with Crippen LogP contribution in [-0.2, 0) is 0 Å². The van der Waals surface area contributed by atoms with Crippen LogP contribution in [0.1, 0.15) is 58.3 Å². The molecule has 0 heterocycles. The molecule has 1 heteroatoms. The Morgan fingerprint density at radius 2 is 1.85 bits per heavy atom. The number of hydrogen-bond donors (Lipinski definition) is 1. The van der Waals surface area contributed by atoms with Crippen LogP contribution in [-0.4, -0.2) is 10.7 Å². The van der Waals surface area contributed by atoms with Gasteiger partial charge in [0.2, 0.25) is 0 Å². The smallest absolute Gasteiger partial charge is 0.0678 e. The van der Waals surface area contributed by atoms with E-state index in [9.17, 15) is 5.11 Å². The van der Waals surface area contributed by atoms with Gasteiger partial charge in [0.15, 0.2) is 0 Å². The predicted molar refractivity (Wildman–Crippen MR) is 54.5 cm³/mol. The highest BCUT2D eigenvalue weighted by atomic mass is 16.3. The molecule has 0 aliphatic heterocycles. The summed E-state index contributed by atoms with van der Waals surface area (Å²) in [6.45, 7) is 2.17. The van der Waals surface area contributed by atoms with Gasteiger partial charge in [-0.3, -0.25) is 0 Å². The van der Waals surface area contributed by atoms with Gasteiger partial charge in [-0.2, -0.15) is 0 Å². The summed E-state index contributed by atoms with van der Waals surface area (Å²) >= 11 is 0. The number of aliphatic hydroxyl groups is 1. The van der Waals surface area contributed by atoms with E-state index < -0.39 is 0 Å². The minimum Gasteiger partial charge on any atom is -0.390 e. The van der Waals surface area contributed by atoms with Crippen LogP contribution in [0, 0.1) is 11.8 Å². The average molecular weight is 182 g/mol. The Balaban J connectivity index is 1.67. The molecule has 13 heavy (non-hydrogen) atoms. The molecule has 2 unspecified atom stereocenters. The van der Waals surface area contributed by atoms with E-state index in [1.165, 1.54) is 38.5 Å². The molecule has 2 rings (SSSR count). The standard InChI is InChI=1S/C12H22O/c1-10-9-12(10,13)8-7-11-5-3-2-4-6-11/h10-11,13H,2-9H2,1H3. The zero-order valence-corrected chi connectivity index (χ0v) is 8.76. The highest BCUT2D eigenvalue weighted by Crippen LogP contribution is 2.47.